The molecular formula is C19H27N3O2. The van der Waals surface area contributed by atoms with Gasteiger partial charge in [-0.1, -0.05) is 25.7 Å². The van der Waals surface area contributed by atoms with Crippen molar-refractivity contribution in [2.45, 2.75) is 51.4 Å². The van der Waals surface area contributed by atoms with Crippen molar-refractivity contribution in [3.8, 4) is 0 Å². The summed E-state index contributed by atoms with van der Waals surface area (Å²) < 4.78 is 0. The van der Waals surface area contributed by atoms with Gasteiger partial charge in [0.15, 0.2) is 0 Å². The molecular weight excluding hydrogens is 302 g/mol. The highest BCUT2D eigenvalue weighted by Gasteiger charge is 2.21. The summed E-state index contributed by atoms with van der Waals surface area (Å²) >= 11 is 0. The molecule has 0 unspecified atom stereocenters. The molecule has 0 radical (unpaired) electrons. The van der Waals surface area contributed by atoms with E-state index in [1.165, 1.54) is 25.7 Å². The lowest BCUT2D eigenvalue weighted by atomic mass is 10.1. The molecule has 1 aromatic rings. The lowest BCUT2D eigenvalue weighted by Crippen LogP contribution is -2.33. The van der Waals surface area contributed by atoms with E-state index in [4.69, 9.17) is 0 Å². The maximum atomic E-state index is 12.7. The molecule has 2 fully saturated rings. The quantitative estimate of drug-likeness (QED) is 0.838. The van der Waals surface area contributed by atoms with Gasteiger partial charge in [-0.15, -0.1) is 0 Å². The fourth-order valence-corrected chi connectivity index (χ4v) is 3.59. The average Bonchev–Trinajstić information content (AvgIpc) is 3.05. The zero-order valence-electron chi connectivity index (χ0n) is 14.4. The van der Waals surface area contributed by atoms with Gasteiger partial charge in [-0.05, 0) is 31.7 Å². The third-order valence-corrected chi connectivity index (χ3v) is 5.02. The van der Waals surface area contributed by atoms with Crippen molar-refractivity contribution in [2.24, 2.45) is 0 Å². The highest BCUT2D eigenvalue weighted by Crippen LogP contribution is 2.16. The molecule has 0 saturated carbocycles. The Kier molecular flexibility index (Phi) is 5.83. The molecule has 24 heavy (non-hydrogen) atoms. The van der Waals surface area contributed by atoms with E-state index in [0.717, 1.165) is 51.9 Å². The molecule has 0 N–H and O–H groups in total. The van der Waals surface area contributed by atoms with Gasteiger partial charge in [-0.3, -0.25) is 14.6 Å². The molecule has 2 amide bonds. The van der Waals surface area contributed by atoms with Gasteiger partial charge in [-0.25, -0.2) is 0 Å². The van der Waals surface area contributed by atoms with Crippen molar-refractivity contribution >= 4 is 11.8 Å². The largest absolute Gasteiger partial charge is 0.339 e. The van der Waals surface area contributed by atoms with Crippen LogP contribution in [0.3, 0.4) is 0 Å². The number of carbonyl (C=O) groups excluding carboxylic acids is 2. The average molecular weight is 329 g/mol. The molecule has 2 saturated heterocycles. The second-order valence-electron chi connectivity index (χ2n) is 6.88. The molecule has 5 nitrogen and oxygen atoms in total. The van der Waals surface area contributed by atoms with E-state index in [0.29, 0.717) is 11.1 Å². The number of hydrogen-bond donors (Lipinski definition) is 0. The van der Waals surface area contributed by atoms with E-state index < -0.39 is 0 Å². The number of pyridine rings is 1. The first-order chi connectivity index (χ1) is 11.8. The first-order valence-corrected chi connectivity index (χ1v) is 9.29. The molecule has 0 atom stereocenters. The number of aromatic nitrogens is 1. The summed E-state index contributed by atoms with van der Waals surface area (Å²) in [7, 11) is 0. The summed E-state index contributed by atoms with van der Waals surface area (Å²) in [6.45, 7) is 3.23. The summed E-state index contributed by atoms with van der Waals surface area (Å²) in [5, 5.41) is 0. The predicted octanol–water partition coefficient (Wildman–Crippen LogP) is 3.11. The molecule has 3 heterocycles. The van der Waals surface area contributed by atoms with Crippen molar-refractivity contribution in [3.05, 3.63) is 29.6 Å². The third kappa shape index (κ3) is 4.13. The van der Waals surface area contributed by atoms with Crippen molar-refractivity contribution in [2.75, 3.05) is 26.2 Å². The Morgan fingerprint density at radius 3 is 1.42 bits per heavy atom. The summed E-state index contributed by atoms with van der Waals surface area (Å²) in [5.41, 5.74) is 1.08. The highest BCUT2D eigenvalue weighted by atomic mass is 16.2. The fourth-order valence-electron chi connectivity index (χ4n) is 3.59. The molecule has 0 bridgehead atoms. The number of hydrogen-bond acceptors (Lipinski definition) is 3. The Balaban J connectivity index is 1.73. The molecule has 0 aromatic carbocycles. The summed E-state index contributed by atoms with van der Waals surface area (Å²) in [6, 6.07) is 1.73. The van der Waals surface area contributed by atoms with Gasteiger partial charge in [0.25, 0.3) is 11.8 Å². The lowest BCUT2D eigenvalue weighted by Gasteiger charge is -2.22. The normalized spacial score (nSPS) is 19.5. The molecule has 3 rings (SSSR count). The summed E-state index contributed by atoms with van der Waals surface area (Å²) in [4.78, 5) is 33.4. The van der Waals surface area contributed by atoms with Gasteiger partial charge in [0.2, 0.25) is 0 Å². The molecule has 0 aliphatic carbocycles. The van der Waals surface area contributed by atoms with E-state index in [1.54, 1.807) is 18.5 Å². The third-order valence-electron chi connectivity index (χ3n) is 5.02. The minimum absolute atomic E-state index is 0.00918. The fraction of sp³-hybridized carbons (Fsp3) is 0.632. The van der Waals surface area contributed by atoms with Crippen molar-refractivity contribution in [1.82, 2.24) is 14.8 Å². The van der Waals surface area contributed by atoms with Crippen LogP contribution < -0.4 is 0 Å². The van der Waals surface area contributed by atoms with Crippen LogP contribution in [-0.4, -0.2) is 52.8 Å². The van der Waals surface area contributed by atoms with E-state index >= 15 is 0 Å². The van der Waals surface area contributed by atoms with Crippen LogP contribution >= 0.6 is 0 Å². The Hall–Kier alpha value is -1.91. The maximum absolute atomic E-state index is 12.7. The van der Waals surface area contributed by atoms with Gasteiger partial charge in [0.05, 0.1) is 11.1 Å². The van der Waals surface area contributed by atoms with Crippen LogP contribution in [0.15, 0.2) is 18.5 Å². The van der Waals surface area contributed by atoms with Crippen LogP contribution in [0.25, 0.3) is 0 Å². The Morgan fingerprint density at radius 1 is 0.667 bits per heavy atom. The van der Waals surface area contributed by atoms with Crippen LogP contribution in [0, 0.1) is 0 Å². The zero-order chi connectivity index (χ0) is 16.8. The van der Waals surface area contributed by atoms with Crippen molar-refractivity contribution in [3.63, 3.8) is 0 Å². The first kappa shape index (κ1) is 16.9. The molecule has 5 heteroatoms. The second-order valence-corrected chi connectivity index (χ2v) is 6.88. The highest BCUT2D eigenvalue weighted by molar-refractivity contribution is 5.99. The minimum Gasteiger partial charge on any atom is -0.339 e. The summed E-state index contributed by atoms with van der Waals surface area (Å²) in [6.07, 6.45) is 12.2. The number of rotatable bonds is 2. The van der Waals surface area contributed by atoms with E-state index in [9.17, 15) is 9.59 Å². The number of likely N-dealkylation sites (tertiary alicyclic amines) is 2. The van der Waals surface area contributed by atoms with Gasteiger partial charge < -0.3 is 9.80 Å². The van der Waals surface area contributed by atoms with Crippen LogP contribution in [0.2, 0.25) is 0 Å². The Labute approximate surface area is 144 Å². The minimum atomic E-state index is 0.00918. The van der Waals surface area contributed by atoms with Gasteiger partial charge >= 0.3 is 0 Å². The molecule has 1 aromatic heterocycles. The SMILES string of the molecule is O=C(c1cncc(C(=O)N2CCCCCC2)c1)N1CCCCCC1. The zero-order valence-corrected chi connectivity index (χ0v) is 14.4. The van der Waals surface area contributed by atoms with Gasteiger partial charge in [-0.2, -0.15) is 0 Å². The van der Waals surface area contributed by atoms with E-state index in [1.807, 2.05) is 9.80 Å². The van der Waals surface area contributed by atoms with Crippen LogP contribution in [0.5, 0.6) is 0 Å². The van der Waals surface area contributed by atoms with E-state index in [-0.39, 0.29) is 11.8 Å². The lowest BCUT2D eigenvalue weighted by molar-refractivity contribution is 0.0759. The number of nitrogens with zero attached hydrogens (tertiary/aromatic N) is 3. The monoisotopic (exact) mass is 329 g/mol. The first-order valence-electron chi connectivity index (χ1n) is 9.29. The van der Waals surface area contributed by atoms with Gasteiger partial charge in [0, 0.05) is 38.6 Å². The van der Waals surface area contributed by atoms with Crippen molar-refractivity contribution in [1.29, 1.82) is 0 Å². The molecule has 0 spiro atoms. The van der Waals surface area contributed by atoms with Gasteiger partial charge in [0.1, 0.15) is 0 Å². The Morgan fingerprint density at radius 2 is 1.04 bits per heavy atom. The topological polar surface area (TPSA) is 53.5 Å². The molecule has 130 valence electrons. The second kappa shape index (κ2) is 8.27. The summed E-state index contributed by atoms with van der Waals surface area (Å²) in [5.74, 6) is 0.0184. The van der Waals surface area contributed by atoms with Crippen LogP contribution in [0.4, 0.5) is 0 Å². The predicted molar refractivity (Wildman–Crippen MR) is 93.0 cm³/mol. The number of carbonyl (C=O) groups is 2. The van der Waals surface area contributed by atoms with E-state index in [2.05, 4.69) is 4.98 Å². The van der Waals surface area contributed by atoms with Crippen LogP contribution in [-0.2, 0) is 0 Å². The van der Waals surface area contributed by atoms with Crippen molar-refractivity contribution < 1.29 is 9.59 Å². The Bertz CT molecular complexity index is 524. The standard InChI is InChI=1S/C19H27N3O2/c23-18(21-9-5-1-2-6-10-21)16-13-17(15-20-14-16)19(24)22-11-7-3-4-8-12-22/h13-15H,1-12H2. The molecule has 2 aliphatic heterocycles. The van der Waals surface area contributed by atoms with Crippen LogP contribution in [0.1, 0.15) is 72.1 Å². The number of amides is 2. The molecule has 2 aliphatic rings. The maximum Gasteiger partial charge on any atom is 0.255 e. The smallest absolute Gasteiger partial charge is 0.255 e.